The fraction of sp³-hybridized carbons (Fsp3) is 0.280. The molecular weight excluding hydrogens is 445 g/mol. The van der Waals surface area contributed by atoms with Crippen molar-refractivity contribution in [1.82, 2.24) is 9.88 Å². The van der Waals surface area contributed by atoms with E-state index < -0.39 is 6.36 Å². The first kappa shape index (κ1) is 23.6. The number of benzene rings is 2. The van der Waals surface area contributed by atoms with E-state index in [0.29, 0.717) is 31.1 Å². The Bertz CT molecular complexity index is 1130. The predicted octanol–water partition coefficient (Wildman–Crippen LogP) is 5.29. The summed E-state index contributed by atoms with van der Waals surface area (Å²) in [6, 6.07) is 18.7. The number of rotatable bonds is 6. The van der Waals surface area contributed by atoms with Gasteiger partial charge in [-0.05, 0) is 67.9 Å². The summed E-state index contributed by atoms with van der Waals surface area (Å²) in [5, 5.41) is 2.84. The average molecular weight is 470 g/mol. The molecule has 4 rings (SSSR count). The molecule has 0 saturated carbocycles. The Morgan fingerprint density at radius 2 is 1.79 bits per heavy atom. The van der Waals surface area contributed by atoms with Crippen LogP contribution in [0.3, 0.4) is 0 Å². The van der Waals surface area contributed by atoms with Crippen molar-refractivity contribution in [1.29, 1.82) is 0 Å². The van der Waals surface area contributed by atoms with Crippen LogP contribution in [0.5, 0.6) is 5.75 Å². The quantitative estimate of drug-likeness (QED) is 0.531. The second-order valence-electron chi connectivity index (χ2n) is 8.76. The number of anilines is 2. The molecule has 1 aromatic heterocycles. The lowest BCUT2D eigenvalue weighted by Gasteiger charge is -2.29. The molecule has 1 aliphatic rings. The first-order valence-corrected chi connectivity index (χ1v) is 10.8. The highest BCUT2D eigenvalue weighted by Crippen LogP contribution is 2.32. The second kappa shape index (κ2) is 9.34. The molecule has 1 amide bonds. The van der Waals surface area contributed by atoms with Crippen LogP contribution in [0.25, 0.3) is 0 Å². The number of para-hydroxylation sites is 1. The molecular formula is C25H25F3N4O2. The van der Waals surface area contributed by atoms with E-state index in [4.69, 9.17) is 0 Å². The number of aromatic nitrogens is 1. The Kier molecular flexibility index (Phi) is 6.47. The van der Waals surface area contributed by atoms with Crippen molar-refractivity contribution in [3.8, 4) is 5.75 Å². The molecule has 0 atom stereocenters. The maximum absolute atomic E-state index is 12.6. The molecule has 0 radical (unpaired) electrons. The summed E-state index contributed by atoms with van der Waals surface area (Å²) >= 11 is 0. The average Bonchev–Trinajstić information content (AvgIpc) is 3.08. The largest absolute Gasteiger partial charge is 0.573 e. The molecule has 0 unspecified atom stereocenters. The van der Waals surface area contributed by atoms with Gasteiger partial charge in [0, 0.05) is 36.2 Å². The van der Waals surface area contributed by atoms with Gasteiger partial charge in [-0.15, -0.1) is 13.2 Å². The van der Waals surface area contributed by atoms with Crippen LogP contribution in [0.15, 0.2) is 72.9 Å². The molecule has 2 heterocycles. The zero-order valence-corrected chi connectivity index (χ0v) is 18.8. The van der Waals surface area contributed by atoms with Crippen molar-refractivity contribution in [2.24, 2.45) is 0 Å². The van der Waals surface area contributed by atoms with Crippen LogP contribution >= 0.6 is 0 Å². The Balaban J connectivity index is 1.43. The SMILES string of the molecule is CC1(C)CN(c2ccc(OC(F)(F)F)cc2)CN1Cc1ccnc(C(=O)Nc2ccccc2)c1. The summed E-state index contributed by atoms with van der Waals surface area (Å²) in [5.41, 5.74) is 2.58. The highest BCUT2D eigenvalue weighted by molar-refractivity contribution is 6.02. The van der Waals surface area contributed by atoms with Gasteiger partial charge in [0.1, 0.15) is 11.4 Å². The molecule has 34 heavy (non-hydrogen) atoms. The van der Waals surface area contributed by atoms with Crippen LogP contribution in [-0.4, -0.2) is 40.9 Å². The molecule has 6 nitrogen and oxygen atoms in total. The van der Waals surface area contributed by atoms with Gasteiger partial charge in [0.15, 0.2) is 0 Å². The van der Waals surface area contributed by atoms with Crippen molar-refractivity contribution in [2.75, 3.05) is 23.4 Å². The van der Waals surface area contributed by atoms with E-state index in [1.54, 1.807) is 24.4 Å². The highest BCUT2D eigenvalue weighted by atomic mass is 19.4. The summed E-state index contributed by atoms with van der Waals surface area (Å²) < 4.78 is 41.2. The molecule has 0 spiro atoms. The Morgan fingerprint density at radius 3 is 2.47 bits per heavy atom. The van der Waals surface area contributed by atoms with Crippen molar-refractivity contribution in [2.45, 2.75) is 32.3 Å². The van der Waals surface area contributed by atoms with E-state index in [1.165, 1.54) is 12.1 Å². The van der Waals surface area contributed by atoms with Gasteiger partial charge in [0.2, 0.25) is 0 Å². The third kappa shape index (κ3) is 5.85. The van der Waals surface area contributed by atoms with Crippen LogP contribution in [-0.2, 0) is 6.54 Å². The van der Waals surface area contributed by atoms with E-state index in [2.05, 4.69) is 38.7 Å². The molecule has 1 fully saturated rings. The number of alkyl halides is 3. The number of hydrogen-bond acceptors (Lipinski definition) is 5. The van der Waals surface area contributed by atoms with Gasteiger partial charge in [-0.25, -0.2) is 0 Å². The minimum Gasteiger partial charge on any atom is -0.406 e. The smallest absolute Gasteiger partial charge is 0.406 e. The summed E-state index contributed by atoms with van der Waals surface area (Å²) in [4.78, 5) is 21.2. The minimum absolute atomic E-state index is 0.198. The van der Waals surface area contributed by atoms with Crippen molar-refractivity contribution < 1.29 is 22.7 Å². The molecule has 2 aromatic carbocycles. The minimum atomic E-state index is -4.71. The van der Waals surface area contributed by atoms with E-state index in [0.717, 1.165) is 11.3 Å². The number of ether oxygens (including phenoxy) is 1. The van der Waals surface area contributed by atoms with Gasteiger partial charge in [0.05, 0.1) is 6.67 Å². The number of nitrogens with zero attached hydrogens (tertiary/aromatic N) is 3. The van der Waals surface area contributed by atoms with Crippen molar-refractivity contribution >= 4 is 17.3 Å². The zero-order chi connectivity index (χ0) is 24.3. The van der Waals surface area contributed by atoms with E-state index in [9.17, 15) is 18.0 Å². The molecule has 1 saturated heterocycles. The molecule has 0 aliphatic carbocycles. The monoisotopic (exact) mass is 470 g/mol. The third-order valence-corrected chi connectivity index (χ3v) is 5.67. The van der Waals surface area contributed by atoms with Gasteiger partial charge < -0.3 is 15.0 Å². The second-order valence-corrected chi connectivity index (χ2v) is 8.76. The number of halogens is 3. The van der Waals surface area contributed by atoms with Gasteiger partial charge in [-0.2, -0.15) is 0 Å². The maximum Gasteiger partial charge on any atom is 0.573 e. The Morgan fingerprint density at radius 1 is 1.09 bits per heavy atom. The fourth-order valence-electron chi connectivity index (χ4n) is 3.94. The summed E-state index contributed by atoms with van der Waals surface area (Å²) in [7, 11) is 0. The first-order chi connectivity index (χ1) is 16.1. The number of carbonyl (C=O) groups is 1. The number of pyridine rings is 1. The van der Waals surface area contributed by atoms with Crippen molar-refractivity contribution in [3.05, 3.63) is 84.2 Å². The predicted molar refractivity (Wildman–Crippen MR) is 124 cm³/mol. The lowest BCUT2D eigenvalue weighted by atomic mass is 10.0. The number of amides is 1. The van der Waals surface area contributed by atoms with Crippen LogP contribution in [0.4, 0.5) is 24.5 Å². The lowest BCUT2D eigenvalue weighted by molar-refractivity contribution is -0.274. The van der Waals surface area contributed by atoms with Crippen LogP contribution < -0.4 is 15.0 Å². The molecule has 9 heteroatoms. The summed E-state index contributed by atoms with van der Waals surface area (Å²) in [6.45, 7) is 6.09. The van der Waals surface area contributed by atoms with E-state index in [1.807, 2.05) is 36.4 Å². The topological polar surface area (TPSA) is 57.7 Å². The highest BCUT2D eigenvalue weighted by Gasteiger charge is 2.37. The van der Waals surface area contributed by atoms with E-state index in [-0.39, 0.29) is 17.2 Å². The third-order valence-electron chi connectivity index (χ3n) is 5.67. The zero-order valence-electron chi connectivity index (χ0n) is 18.8. The van der Waals surface area contributed by atoms with Crippen LogP contribution in [0, 0.1) is 0 Å². The summed E-state index contributed by atoms with van der Waals surface area (Å²) in [5.74, 6) is -0.527. The number of hydrogen-bond donors (Lipinski definition) is 1. The Hall–Kier alpha value is -3.59. The molecule has 0 bridgehead atoms. The van der Waals surface area contributed by atoms with Crippen molar-refractivity contribution in [3.63, 3.8) is 0 Å². The molecule has 1 aliphatic heterocycles. The summed E-state index contributed by atoms with van der Waals surface area (Å²) in [6.07, 6.45) is -3.09. The van der Waals surface area contributed by atoms with Gasteiger partial charge in [0.25, 0.3) is 5.91 Å². The van der Waals surface area contributed by atoms with Crippen LogP contribution in [0.1, 0.15) is 29.9 Å². The maximum atomic E-state index is 12.6. The van der Waals surface area contributed by atoms with Gasteiger partial charge in [-0.3, -0.25) is 14.7 Å². The van der Waals surface area contributed by atoms with Gasteiger partial charge >= 0.3 is 6.36 Å². The first-order valence-electron chi connectivity index (χ1n) is 10.8. The van der Waals surface area contributed by atoms with E-state index >= 15 is 0 Å². The molecule has 1 N–H and O–H groups in total. The lowest BCUT2D eigenvalue weighted by Crippen LogP contribution is -2.39. The van der Waals surface area contributed by atoms with Crippen LogP contribution in [0.2, 0.25) is 0 Å². The fourth-order valence-corrected chi connectivity index (χ4v) is 3.94. The number of nitrogens with one attached hydrogen (secondary N) is 1. The standard InChI is InChI=1S/C25H25F3N4O2/c1-24(2)16-31(20-8-10-21(11-9-20)34-25(26,27)28)17-32(24)15-18-12-13-29-22(14-18)23(33)30-19-6-4-3-5-7-19/h3-14H,15-17H2,1-2H3,(H,30,33). The van der Waals surface area contributed by atoms with Gasteiger partial charge in [-0.1, -0.05) is 18.2 Å². The number of carbonyl (C=O) groups excluding carboxylic acids is 1. The molecule has 178 valence electrons. The Labute approximate surface area is 196 Å². The molecule has 3 aromatic rings. The normalized spacial score (nSPS) is 15.9.